The summed E-state index contributed by atoms with van der Waals surface area (Å²) < 4.78 is 0. The fourth-order valence-electron chi connectivity index (χ4n) is 2.43. The van der Waals surface area contributed by atoms with Crippen molar-refractivity contribution in [3.05, 3.63) is 72.6 Å². The van der Waals surface area contributed by atoms with Crippen LogP contribution >= 0.6 is 0 Å². The highest BCUT2D eigenvalue weighted by atomic mass is 14.9. The maximum Gasteiger partial charge on any atom is 0.140 e. The number of para-hydroxylation sites is 3. The molecule has 2 heterocycles. The lowest BCUT2D eigenvalue weighted by molar-refractivity contribution is 1.32. The Morgan fingerprint density at radius 1 is 0.909 bits per heavy atom. The average molecular weight is 286 g/mol. The molecule has 0 fully saturated rings. The van der Waals surface area contributed by atoms with Crippen LogP contribution in [0.4, 0.5) is 5.69 Å². The molecule has 0 spiro atoms. The van der Waals surface area contributed by atoms with E-state index < -0.39 is 0 Å². The Balaban J connectivity index is 1.78. The normalized spacial score (nSPS) is 11.5. The number of benzene rings is 2. The molecule has 0 aliphatic rings. The maximum atomic E-state index is 4.65. The van der Waals surface area contributed by atoms with Crippen LogP contribution < -0.4 is 0 Å². The van der Waals surface area contributed by atoms with Gasteiger partial charge in [-0.15, -0.1) is 0 Å². The number of imidazole rings is 1. The van der Waals surface area contributed by atoms with Crippen LogP contribution in [0.25, 0.3) is 22.4 Å². The number of fused-ring (bicyclic) bond motifs is 1. The summed E-state index contributed by atoms with van der Waals surface area (Å²) in [6, 6.07) is 19.9. The Hall–Kier alpha value is -3.14. The van der Waals surface area contributed by atoms with E-state index in [2.05, 4.69) is 19.9 Å². The summed E-state index contributed by atoms with van der Waals surface area (Å²) >= 11 is 0. The van der Waals surface area contributed by atoms with Crippen LogP contribution in [0, 0.1) is 0 Å². The van der Waals surface area contributed by atoms with Crippen molar-refractivity contribution in [1.29, 1.82) is 0 Å². The molecule has 0 aliphatic heterocycles. The van der Waals surface area contributed by atoms with E-state index in [1.165, 1.54) is 0 Å². The second-order valence-corrected chi connectivity index (χ2v) is 5.00. The molecule has 2 N–H and O–H groups in total. The molecule has 0 radical (unpaired) electrons. The topological polar surface area (TPSA) is 56.8 Å². The minimum atomic E-state index is 0.834. The lowest BCUT2D eigenvalue weighted by Gasteiger charge is -2.01. The first kappa shape index (κ1) is 12.6. The molecule has 4 rings (SSSR count). The van der Waals surface area contributed by atoms with Crippen LogP contribution in [0.5, 0.6) is 0 Å². The van der Waals surface area contributed by atoms with Crippen LogP contribution in [-0.2, 0) is 0 Å². The zero-order valence-electron chi connectivity index (χ0n) is 11.8. The van der Waals surface area contributed by atoms with E-state index in [1.54, 1.807) is 0 Å². The SMILES string of the molecule is C(=Nc1ccccc1-c1nc2ccccc2[nH]1)c1ccc[nH]1. The minimum absolute atomic E-state index is 0.834. The van der Waals surface area contributed by atoms with Crippen molar-refractivity contribution in [1.82, 2.24) is 15.0 Å². The van der Waals surface area contributed by atoms with Gasteiger partial charge in [-0.2, -0.15) is 0 Å². The molecule has 22 heavy (non-hydrogen) atoms. The second-order valence-electron chi connectivity index (χ2n) is 5.00. The highest BCUT2D eigenvalue weighted by Crippen LogP contribution is 2.29. The predicted molar refractivity (Wildman–Crippen MR) is 89.6 cm³/mol. The molecular formula is C18H14N4. The van der Waals surface area contributed by atoms with E-state index in [9.17, 15) is 0 Å². The molecule has 4 heteroatoms. The number of nitrogens with zero attached hydrogens (tertiary/aromatic N) is 2. The molecule has 0 unspecified atom stereocenters. The smallest absolute Gasteiger partial charge is 0.140 e. The van der Waals surface area contributed by atoms with Gasteiger partial charge in [-0.3, -0.25) is 4.99 Å². The van der Waals surface area contributed by atoms with Gasteiger partial charge in [0.1, 0.15) is 5.82 Å². The van der Waals surface area contributed by atoms with Gasteiger partial charge in [-0.05, 0) is 36.4 Å². The molecule has 2 aromatic heterocycles. The molecule has 4 aromatic rings. The number of hydrogen-bond acceptors (Lipinski definition) is 2. The van der Waals surface area contributed by atoms with Gasteiger partial charge in [-0.1, -0.05) is 24.3 Å². The lowest BCUT2D eigenvalue weighted by Crippen LogP contribution is -1.83. The molecule has 0 aliphatic carbocycles. The van der Waals surface area contributed by atoms with Crippen molar-refractivity contribution in [2.75, 3.05) is 0 Å². The van der Waals surface area contributed by atoms with Crippen molar-refractivity contribution in [2.45, 2.75) is 0 Å². The van der Waals surface area contributed by atoms with E-state index in [1.807, 2.05) is 73.1 Å². The molecule has 106 valence electrons. The third-order valence-electron chi connectivity index (χ3n) is 3.51. The van der Waals surface area contributed by atoms with Crippen molar-refractivity contribution >= 4 is 22.9 Å². The number of aromatic amines is 2. The molecular weight excluding hydrogens is 272 g/mol. The number of H-pyrrole nitrogens is 2. The van der Waals surface area contributed by atoms with Crippen LogP contribution in [0.3, 0.4) is 0 Å². The van der Waals surface area contributed by atoms with Gasteiger partial charge in [0, 0.05) is 11.8 Å². The number of aliphatic imine (C=N–C) groups is 1. The van der Waals surface area contributed by atoms with Gasteiger partial charge >= 0.3 is 0 Å². The summed E-state index contributed by atoms with van der Waals surface area (Å²) in [5, 5.41) is 0. The minimum Gasteiger partial charge on any atom is -0.360 e. The Kier molecular flexibility index (Phi) is 3.05. The van der Waals surface area contributed by atoms with Gasteiger partial charge in [0.15, 0.2) is 0 Å². The first-order chi connectivity index (χ1) is 10.9. The van der Waals surface area contributed by atoms with Gasteiger partial charge < -0.3 is 9.97 Å². The largest absolute Gasteiger partial charge is 0.360 e. The predicted octanol–water partition coefficient (Wildman–Crippen LogP) is 4.31. The quantitative estimate of drug-likeness (QED) is 0.542. The molecule has 0 atom stereocenters. The van der Waals surface area contributed by atoms with E-state index >= 15 is 0 Å². The van der Waals surface area contributed by atoms with E-state index in [0.29, 0.717) is 0 Å². The summed E-state index contributed by atoms with van der Waals surface area (Å²) in [5.41, 5.74) is 4.83. The van der Waals surface area contributed by atoms with Crippen LogP contribution in [0.15, 0.2) is 71.9 Å². The van der Waals surface area contributed by atoms with Gasteiger partial charge in [0.2, 0.25) is 0 Å². The van der Waals surface area contributed by atoms with Crippen molar-refractivity contribution in [3.8, 4) is 11.4 Å². The number of hydrogen-bond donors (Lipinski definition) is 2. The second kappa shape index (κ2) is 5.33. The van der Waals surface area contributed by atoms with Crippen molar-refractivity contribution < 1.29 is 0 Å². The standard InChI is InChI=1S/C18H14N4/c1-2-8-15(20-12-13-6-5-11-19-13)14(7-1)18-21-16-9-3-4-10-17(16)22-18/h1-12,19H,(H,21,22). The van der Waals surface area contributed by atoms with E-state index in [0.717, 1.165) is 33.8 Å². The first-order valence-corrected chi connectivity index (χ1v) is 7.12. The summed E-state index contributed by atoms with van der Waals surface area (Å²) in [4.78, 5) is 15.7. The Morgan fingerprint density at radius 2 is 1.77 bits per heavy atom. The zero-order chi connectivity index (χ0) is 14.8. The molecule has 2 aromatic carbocycles. The third kappa shape index (κ3) is 2.31. The lowest BCUT2D eigenvalue weighted by atomic mass is 10.1. The van der Waals surface area contributed by atoms with Crippen LogP contribution in [0.1, 0.15) is 5.69 Å². The average Bonchev–Trinajstić information content (AvgIpc) is 3.22. The Morgan fingerprint density at radius 3 is 2.64 bits per heavy atom. The Bertz CT molecular complexity index is 900. The zero-order valence-corrected chi connectivity index (χ0v) is 11.8. The van der Waals surface area contributed by atoms with Crippen LogP contribution in [0.2, 0.25) is 0 Å². The number of nitrogens with one attached hydrogen (secondary N) is 2. The van der Waals surface area contributed by atoms with Crippen molar-refractivity contribution in [2.24, 2.45) is 4.99 Å². The molecule has 0 bridgehead atoms. The third-order valence-corrected chi connectivity index (χ3v) is 3.51. The summed E-state index contributed by atoms with van der Waals surface area (Å²) in [5.74, 6) is 0.834. The fraction of sp³-hybridized carbons (Fsp3) is 0. The van der Waals surface area contributed by atoms with Gasteiger partial charge in [-0.25, -0.2) is 4.98 Å². The monoisotopic (exact) mass is 286 g/mol. The van der Waals surface area contributed by atoms with E-state index in [-0.39, 0.29) is 0 Å². The fourth-order valence-corrected chi connectivity index (χ4v) is 2.43. The molecule has 0 amide bonds. The highest BCUT2D eigenvalue weighted by Gasteiger charge is 2.08. The van der Waals surface area contributed by atoms with Gasteiger partial charge in [0.25, 0.3) is 0 Å². The first-order valence-electron chi connectivity index (χ1n) is 7.12. The van der Waals surface area contributed by atoms with Gasteiger partial charge in [0.05, 0.1) is 28.6 Å². The van der Waals surface area contributed by atoms with Crippen LogP contribution in [-0.4, -0.2) is 21.2 Å². The number of rotatable bonds is 3. The molecule has 4 nitrogen and oxygen atoms in total. The van der Waals surface area contributed by atoms with E-state index in [4.69, 9.17) is 0 Å². The summed E-state index contributed by atoms with van der Waals surface area (Å²) in [6.07, 6.45) is 3.70. The summed E-state index contributed by atoms with van der Waals surface area (Å²) in [6.45, 7) is 0. The Labute approximate surface area is 127 Å². The number of aromatic nitrogens is 3. The maximum absolute atomic E-state index is 4.65. The molecule has 0 saturated carbocycles. The van der Waals surface area contributed by atoms with Crippen molar-refractivity contribution in [3.63, 3.8) is 0 Å². The highest BCUT2D eigenvalue weighted by molar-refractivity contribution is 5.85. The molecule has 0 saturated heterocycles. The summed E-state index contributed by atoms with van der Waals surface area (Å²) in [7, 11) is 0.